The number of methoxy groups -OCH3 is 1. The first-order chi connectivity index (χ1) is 10.2. The summed E-state index contributed by atoms with van der Waals surface area (Å²) >= 11 is 6.06. The zero-order valence-electron chi connectivity index (χ0n) is 12.3. The van der Waals surface area contributed by atoms with Crippen LogP contribution in [-0.4, -0.2) is 26.9 Å². The van der Waals surface area contributed by atoms with E-state index < -0.39 is 0 Å². The molecule has 21 heavy (non-hydrogen) atoms. The molecule has 1 aromatic rings. The van der Waals surface area contributed by atoms with Crippen molar-refractivity contribution in [3.05, 3.63) is 28.8 Å². The zero-order chi connectivity index (χ0) is 15.1. The van der Waals surface area contributed by atoms with Crippen molar-refractivity contribution in [2.45, 2.75) is 25.8 Å². The van der Waals surface area contributed by atoms with Crippen molar-refractivity contribution in [3.63, 3.8) is 0 Å². The minimum absolute atomic E-state index is 0.0785. The van der Waals surface area contributed by atoms with Crippen molar-refractivity contribution < 1.29 is 9.47 Å². The van der Waals surface area contributed by atoms with Gasteiger partial charge in [-0.25, -0.2) is 0 Å². The molecule has 0 atom stereocenters. The van der Waals surface area contributed by atoms with Crippen LogP contribution in [0.5, 0.6) is 5.75 Å². The van der Waals surface area contributed by atoms with E-state index in [1.54, 1.807) is 7.11 Å². The smallest absolute Gasteiger partial charge is 0.123 e. The molecule has 0 saturated heterocycles. The summed E-state index contributed by atoms with van der Waals surface area (Å²) < 4.78 is 11.0. The maximum Gasteiger partial charge on any atom is 0.123 e. The van der Waals surface area contributed by atoms with Gasteiger partial charge in [0.1, 0.15) is 5.75 Å². The van der Waals surface area contributed by atoms with Gasteiger partial charge in [0.15, 0.2) is 0 Å². The van der Waals surface area contributed by atoms with Crippen LogP contribution in [0.25, 0.3) is 0 Å². The second-order valence-corrected chi connectivity index (χ2v) is 5.98. The van der Waals surface area contributed by atoms with Crippen molar-refractivity contribution in [2.75, 3.05) is 26.9 Å². The van der Waals surface area contributed by atoms with Gasteiger partial charge in [0.2, 0.25) is 0 Å². The van der Waals surface area contributed by atoms with Crippen LogP contribution in [0.15, 0.2) is 18.2 Å². The maximum absolute atomic E-state index is 8.85. The lowest BCUT2D eigenvalue weighted by Crippen LogP contribution is -2.20. The molecule has 114 valence electrons. The van der Waals surface area contributed by atoms with Crippen LogP contribution in [0, 0.1) is 16.7 Å². The molecule has 0 amide bonds. The number of nitrogens with one attached hydrogen (secondary N) is 1. The SMILES string of the molecule is COCCNCc1cc(Cl)ccc1OCC1(CC#N)CC1. The zero-order valence-corrected chi connectivity index (χ0v) is 13.1. The number of benzene rings is 1. The molecule has 0 spiro atoms. The number of hydrogen-bond acceptors (Lipinski definition) is 4. The second-order valence-electron chi connectivity index (χ2n) is 5.55. The van der Waals surface area contributed by atoms with Crippen LogP contribution in [0.2, 0.25) is 5.02 Å². The van der Waals surface area contributed by atoms with Crippen LogP contribution in [0.1, 0.15) is 24.8 Å². The third kappa shape index (κ3) is 4.89. The molecule has 0 heterocycles. The lowest BCUT2D eigenvalue weighted by Gasteiger charge is -2.16. The van der Waals surface area contributed by atoms with Crippen molar-refractivity contribution in [1.82, 2.24) is 5.32 Å². The summed E-state index contributed by atoms with van der Waals surface area (Å²) in [6.07, 6.45) is 2.73. The van der Waals surface area contributed by atoms with Gasteiger partial charge in [0.25, 0.3) is 0 Å². The normalized spacial score (nSPS) is 15.5. The Labute approximate surface area is 131 Å². The Morgan fingerprint density at radius 1 is 1.43 bits per heavy atom. The Bertz CT molecular complexity index is 509. The fourth-order valence-corrected chi connectivity index (χ4v) is 2.37. The average Bonchev–Trinajstić information content (AvgIpc) is 3.23. The molecule has 5 heteroatoms. The molecule has 1 fully saturated rings. The van der Waals surface area contributed by atoms with E-state index in [2.05, 4.69) is 11.4 Å². The third-order valence-electron chi connectivity index (χ3n) is 3.77. The summed E-state index contributed by atoms with van der Waals surface area (Å²) in [6.45, 7) is 2.74. The van der Waals surface area contributed by atoms with Gasteiger partial charge >= 0.3 is 0 Å². The summed E-state index contributed by atoms with van der Waals surface area (Å²) in [5, 5.41) is 12.8. The highest BCUT2D eigenvalue weighted by molar-refractivity contribution is 6.30. The Morgan fingerprint density at radius 2 is 2.24 bits per heavy atom. The van der Waals surface area contributed by atoms with E-state index in [-0.39, 0.29) is 5.41 Å². The van der Waals surface area contributed by atoms with Gasteiger partial charge in [-0.2, -0.15) is 5.26 Å². The Balaban J connectivity index is 1.93. The molecule has 4 nitrogen and oxygen atoms in total. The van der Waals surface area contributed by atoms with Gasteiger partial charge in [0.05, 0.1) is 19.3 Å². The van der Waals surface area contributed by atoms with Crippen LogP contribution in [-0.2, 0) is 11.3 Å². The first-order valence-corrected chi connectivity index (χ1v) is 7.55. The van der Waals surface area contributed by atoms with Crippen LogP contribution < -0.4 is 10.1 Å². The highest BCUT2D eigenvalue weighted by Gasteiger charge is 2.43. The second kappa shape index (κ2) is 7.65. The van der Waals surface area contributed by atoms with Crippen LogP contribution in [0.4, 0.5) is 0 Å². The number of halogens is 1. The summed E-state index contributed by atoms with van der Waals surface area (Å²) in [5.74, 6) is 0.841. The average molecular weight is 309 g/mol. The Kier molecular flexibility index (Phi) is 5.86. The molecule has 0 aliphatic heterocycles. The Morgan fingerprint density at radius 3 is 2.90 bits per heavy atom. The molecule has 1 N–H and O–H groups in total. The van der Waals surface area contributed by atoms with Gasteiger partial charge < -0.3 is 14.8 Å². The lowest BCUT2D eigenvalue weighted by atomic mass is 10.1. The topological polar surface area (TPSA) is 54.3 Å². The summed E-state index contributed by atoms with van der Waals surface area (Å²) in [6, 6.07) is 7.90. The molecule has 1 aliphatic rings. The molecule has 0 unspecified atom stereocenters. The third-order valence-corrected chi connectivity index (χ3v) is 4.00. The van der Waals surface area contributed by atoms with E-state index in [4.69, 9.17) is 26.3 Å². The van der Waals surface area contributed by atoms with Crippen molar-refractivity contribution in [3.8, 4) is 11.8 Å². The van der Waals surface area contributed by atoms with Crippen molar-refractivity contribution in [2.24, 2.45) is 5.41 Å². The van der Waals surface area contributed by atoms with Gasteiger partial charge in [-0.1, -0.05) is 11.6 Å². The van der Waals surface area contributed by atoms with E-state index in [0.717, 1.165) is 30.7 Å². The minimum atomic E-state index is 0.0785. The maximum atomic E-state index is 8.85. The molecular formula is C16H21ClN2O2. The number of rotatable bonds is 9. The number of hydrogen-bond donors (Lipinski definition) is 1. The van der Waals surface area contributed by atoms with E-state index >= 15 is 0 Å². The molecule has 0 aromatic heterocycles. The fraction of sp³-hybridized carbons (Fsp3) is 0.562. The summed E-state index contributed by atoms with van der Waals surface area (Å²) in [5.41, 5.74) is 1.11. The predicted octanol–water partition coefficient (Wildman–Crippen LogP) is 3.15. The van der Waals surface area contributed by atoms with Gasteiger partial charge in [0, 0.05) is 42.6 Å². The van der Waals surface area contributed by atoms with E-state index in [1.165, 1.54) is 0 Å². The first-order valence-electron chi connectivity index (χ1n) is 7.17. The van der Waals surface area contributed by atoms with E-state index in [9.17, 15) is 0 Å². The molecule has 1 aliphatic carbocycles. The lowest BCUT2D eigenvalue weighted by molar-refractivity contribution is 0.198. The standard InChI is InChI=1S/C16H21ClN2O2/c1-20-9-8-19-11-13-10-14(17)2-3-15(13)21-12-16(4-5-16)6-7-18/h2-3,10,19H,4-6,8-9,11-12H2,1H3. The Hall–Kier alpha value is -1.28. The molecular weight excluding hydrogens is 288 g/mol. The number of nitriles is 1. The first kappa shape index (κ1) is 16.1. The van der Waals surface area contributed by atoms with E-state index in [0.29, 0.717) is 31.2 Å². The largest absolute Gasteiger partial charge is 0.493 e. The highest BCUT2D eigenvalue weighted by atomic mass is 35.5. The molecule has 2 rings (SSSR count). The van der Waals surface area contributed by atoms with Crippen molar-refractivity contribution >= 4 is 11.6 Å². The number of nitrogens with zero attached hydrogens (tertiary/aromatic N) is 1. The number of ether oxygens (including phenoxy) is 2. The summed E-state index contributed by atoms with van der Waals surface area (Å²) in [4.78, 5) is 0. The molecule has 0 bridgehead atoms. The van der Waals surface area contributed by atoms with E-state index in [1.807, 2.05) is 18.2 Å². The molecule has 0 radical (unpaired) electrons. The van der Waals surface area contributed by atoms with Gasteiger partial charge in [-0.3, -0.25) is 0 Å². The minimum Gasteiger partial charge on any atom is -0.493 e. The van der Waals surface area contributed by atoms with Crippen LogP contribution >= 0.6 is 11.6 Å². The molecule has 1 aromatic carbocycles. The molecule has 1 saturated carbocycles. The van der Waals surface area contributed by atoms with Gasteiger partial charge in [-0.15, -0.1) is 0 Å². The summed E-state index contributed by atoms with van der Waals surface area (Å²) in [7, 11) is 1.68. The predicted molar refractivity (Wildman–Crippen MR) is 82.4 cm³/mol. The monoisotopic (exact) mass is 308 g/mol. The fourth-order valence-electron chi connectivity index (χ4n) is 2.17. The quantitative estimate of drug-likeness (QED) is 0.712. The highest BCUT2D eigenvalue weighted by Crippen LogP contribution is 2.48. The van der Waals surface area contributed by atoms with Crippen molar-refractivity contribution in [1.29, 1.82) is 5.26 Å². The van der Waals surface area contributed by atoms with Gasteiger partial charge in [-0.05, 0) is 31.0 Å². The van der Waals surface area contributed by atoms with Crippen LogP contribution in [0.3, 0.4) is 0 Å².